The van der Waals surface area contributed by atoms with Gasteiger partial charge in [-0.1, -0.05) is 6.07 Å². The summed E-state index contributed by atoms with van der Waals surface area (Å²) < 4.78 is 16.3. The Morgan fingerprint density at radius 1 is 1.28 bits per heavy atom. The molecule has 0 amide bonds. The Morgan fingerprint density at radius 2 is 1.96 bits per heavy atom. The summed E-state index contributed by atoms with van der Waals surface area (Å²) in [4.78, 5) is 25.8. The molecule has 1 N–H and O–H groups in total. The molecular weight excluding hydrogens is 325 g/mol. The molecule has 0 bridgehead atoms. The fourth-order valence-electron chi connectivity index (χ4n) is 2.48. The molecule has 25 heavy (non-hydrogen) atoms. The molecule has 0 unspecified atom stereocenters. The summed E-state index contributed by atoms with van der Waals surface area (Å²) in [7, 11) is 4.57. The number of nitrogens with zero attached hydrogens (tertiary/aromatic N) is 4. The molecule has 0 fully saturated rings. The normalized spacial score (nSPS) is 10.4. The van der Waals surface area contributed by atoms with Crippen LogP contribution in [0, 0.1) is 17.1 Å². The van der Waals surface area contributed by atoms with Gasteiger partial charge >= 0.3 is 5.69 Å². The minimum atomic E-state index is -0.667. The Bertz CT molecular complexity index is 955. The van der Waals surface area contributed by atoms with E-state index in [1.165, 1.54) is 24.7 Å². The van der Waals surface area contributed by atoms with E-state index < -0.39 is 11.2 Å². The maximum Gasteiger partial charge on any atom is 0.332 e. The highest BCUT2D eigenvalue weighted by Gasteiger charge is 2.15. The molecule has 7 nitrogen and oxygen atoms in total. The van der Waals surface area contributed by atoms with Gasteiger partial charge in [0.2, 0.25) is 0 Å². The Hall–Kier alpha value is -3.08. The lowest BCUT2D eigenvalue weighted by Crippen LogP contribution is -2.39. The Labute approximate surface area is 144 Å². The van der Waals surface area contributed by atoms with Crippen LogP contribution >= 0.6 is 0 Å². The van der Waals surface area contributed by atoms with E-state index in [2.05, 4.69) is 5.32 Å². The Morgan fingerprint density at radius 3 is 2.52 bits per heavy atom. The monoisotopic (exact) mass is 345 g/mol. The summed E-state index contributed by atoms with van der Waals surface area (Å²) in [6.45, 7) is 2.77. The van der Waals surface area contributed by atoms with Gasteiger partial charge in [-0.25, -0.2) is 9.18 Å². The zero-order valence-electron chi connectivity index (χ0n) is 14.6. The zero-order valence-corrected chi connectivity index (χ0v) is 14.6. The maximum atomic E-state index is 14.2. The van der Waals surface area contributed by atoms with Crippen molar-refractivity contribution in [2.45, 2.75) is 13.5 Å². The van der Waals surface area contributed by atoms with Gasteiger partial charge in [-0.05, 0) is 24.6 Å². The van der Waals surface area contributed by atoms with Gasteiger partial charge in [0.05, 0.1) is 5.69 Å². The van der Waals surface area contributed by atoms with Crippen LogP contribution in [0.3, 0.4) is 0 Å². The first-order valence-electron chi connectivity index (χ1n) is 7.75. The van der Waals surface area contributed by atoms with E-state index in [1.807, 2.05) is 13.0 Å². The van der Waals surface area contributed by atoms with Gasteiger partial charge < -0.3 is 10.2 Å². The van der Waals surface area contributed by atoms with Crippen molar-refractivity contribution in [1.29, 1.82) is 5.26 Å². The summed E-state index contributed by atoms with van der Waals surface area (Å²) >= 11 is 0. The molecule has 0 radical (unpaired) electrons. The smallest absolute Gasteiger partial charge is 0.332 e. The molecule has 1 aromatic heterocycles. The maximum absolute atomic E-state index is 14.2. The molecule has 2 rings (SSSR count). The van der Waals surface area contributed by atoms with Crippen LogP contribution in [0.5, 0.6) is 0 Å². The third-order valence-electron chi connectivity index (χ3n) is 4.13. The molecule has 0 saturated carbocycles. The van der Waals surface area contributed by atoms with Crippen LogP contribution in [0.4, 0.5) is 15.9 Å². The molecule has 0 aliphatic rings. The lowest BCUT2D eigenvalue weighted by molar-refractivity contribution is 0.621. The van der Waals surface area contributed by atoms with Crippen molar-refractivity contribution < 1.29 is 4.39 Å². The van der Waals surface area contributed by atoms with Gasteiger partial charge in [-0.15, -0.1) is 0 Å². The molecular formula is C17H20FN5O2. The molecule has 0 spiro atoms. The predicted molar refractivity (Wildman–Crippen MR) is 94.3 cm³/mol. The van der Waals surface area contributed by atoms with Crippen molar-refractivity contribution in [3.8, 4) is 6.07 Å². The first kappa shape index (κ1) is 18.3. The van der Waals surface area contributed by atoms with E-state index in [1.54, 1.807) is 24.1 Å². The van der Waals surface area contributed by atoms with Gasteiger partial charge in [0, 0.05) is 34.2 Å². The van der Waals surface area contributed by atoms with Crippen LogP contribution < -0.4 is 21.5 Å². The second kappa shape index (κ2) is 7.21. The number of benzene rings is 1. The number of nitrogens with one attached hydrogen (secondary N) is 1. The number of hydrogen-bond donors (Lipinski definition) is 1. The van der Waals surface area contributed by atoms with E-state index >= 15 is 0 Å². The standard InChI is InChI=1S/C17H20FN5O2/c1-5-21(2)14-7-6-11(8-13(14)18)10-20-15-12(9-19)16(24)23(4)17(25)22(15)3/h6-8,20H,5,10H2,1-4H3. The third kappa shape index (κ3) is 3.40. The van der Waals surface area contributed by atoms with Gasteiger partial charge in [0.25, 0.3) is 5.56 Å². The molecule has 0 aliphatic heterocycles. The summed E-state index contributed by atoms with van der Waals surface area (Å²) in [5.74, 6) is -0.243. The largest absolute Gasteiger partial charge is 0.373 e. The Balaban J connectivity index is 2.34. The second-order valence-electron chi connectivity index (χ2n) is 5.69. The van der Waals surface area contributed by atoms with Crippen LogP contribution in [-0.2, 0) is 20.6 Å². The average molecular weight is 345 g/mol. The molecule has 0 aliphatic carbocycles. The summed E-state index contributed by atoms with van der Waals surface area (Å²) in [6.07, 6.45) is 0. The van der Waals surface area contributed by atoms with Crippen molar-refractivity contribution in [1.82, 2.24) is 9.13 Å². The van der Waals surface area contributed by atoms with Gasteiger partial charge in [-0.3, -0.25) is 13.9 Å². The van der Waals surface area contributed by atoms with E-state index in [9.17, 15) is 19.2 Å². The lowest BCUT2D eigenvalue weighted by Gasteiger charge is -2.18. The molecule has 1 aromatic carbocycles. The van der Waals surface area contributed by atoms with E-state index in [4.69, 9.17) is 0 Å². The van der Waals surface area contributed by atoms with Crippen LogP contribution in [0.1, 0.15) is 18.1 Å². The molecule has 8 heteroatoms. The minimum absolute atomic E-state index is 0.116. The van der Waals surface area contributed by atoms with Crippen LogP contribution in [0.15, 0.2) is 27.8 Å². The number of nitriles is 1. The summed E-state index contributed by atoms with van der Waals surface area (Å²) in [6, 6.07) is 6.63. The topological polar surface area (TPSA) is 83.1 Å². The molecule has 0 saturated heterocycles. The molecule has 0 atom stereocenters. The first-order chi connectivity index (χ1) is 11.8. The Kier molecular flexibility index (Phi) is 5.27. The van der Waals surface area contributed by atoms with Crippen molar-refractivity contribution in [2.75, 3.05) is 23.8 Å². The van der Waals surface area contributed by atoms with E-state index in [0.717, 1.165) is 4.57 Å². The lowest BCUT2D eigenvalue weighted by atomic mass is 10.1. The number of hydrogen-bond acceptors (Lipinski definition) is 5. The van der Waals surface area contributed by atoms with Crippen LogP contribution in [0.2, 0.25) is 0 Å². The number of rotatable bonds is 5. The zero-order chi connectivity index (χ0) is 18.7. The average Bonchev–Trinajstić information content (AvgIpc) is 2.61. The van der Waals surface area contributed by atoms with Crippen LogP contribution in [-0.4, -0.2) is 22.7 Å². The predicted octanol–water partition coefficient (Wildman–Crippen LogP) is 1.16. The van der Waals surface area contributed by atoms with Gasteiger partial charge in [-0.2, -0.15) is 5.26 Å². The highest BCUT2D eigenvalue weighted by molar-refractivity contribution is 5.52. The van der Waals surface area contributed by atoms with Gasteiger partial charge in [0.1, 0.15) is 17.7 Å². The second-order valence-corrected chi connectivity index (χ2v) is 5.69. The van der Waals surface area contributed by atoms with E-state index in [-0.39, 0.29) is 23.7 Å². The fraction of sp³-hybridized carbons (Fsp3) is 0.353. The fourth-order valence-corrected chi connectivity index (χ4v) is 2.48. The highest BCUT2D eigenvalue weighted by Crippen LogP contribution is 2.20. The highest BCUT2D eigenvalue weighted by atomic mass is 19.1. The molecule has 2 aromatic rings. The number of anilines is 2. The third-order valence-corrected chi connectivity index (χ3v) is 4.13. The number of halogens is 1. The minimum Gasteiger partial charge on any atom is -0.373 e. The van der Waals surface area contributed by atoms with Crippen molar-refractivity contribution >= 4 is 11.5 Å². The van der Waals surface area contributed by atoms with Crippen molar-refractivity contribution in [2.24, 2.45) is 14.1 Å². The molecule has 1 heterocycles. The van der Waals surface area contributed by atoms with Crippen LogP contribution in [0.25, 0.3) is 0 Å². The van der Waals surface area contributed by atoms with Crippen molar-refractivity contribution in [3.63, 3.8) is 0 Å². The number of aromatic nitrogens is 2. The first-order valence-corrected chi connectivity index (χ1v) is 7.75. The SMILES string of the molecule is CCN(C)c1ccc(CNc2c(C#N)c(=O)n(C)c(=O)n2C)cc1F. The van der Waals surface area contributed by atoms with Crippen molar-refractivity contribution in [3.05, 3.63) is 56.0 Å². The summed E-state index contributed by atoms with van der Waals surface area (Å²) in [5, 5.41) is 12.1. The van der Waals surface area contributed by atoms with E-state index in [0.29, 0.717) is 17.8 Å². The quantitative estimate of drug-likeness (QED) is 0.879. The summed E-state index contributed by atoms with van der Waals surface area (Å²) in [5.41, 5.74) is -0.253. The molecule has 132 valence electrons. The van der Waals surface area contributed by atoms with Gasteiger partial charge in [0.15, 0.2) is 5.56 Å².